The van der Waals surface area contributed by atoms with Gasteiger partial charge in [0, 0.05) is 29.6 Å². The molecule has 2 N–H and O–H groups in total. The van der Waals surface area contributed by atoms with Crippen molar-refractivity contribution in [3.8, 4) is 5.75 Å². The molecule has 1 aliphatic rings. The summed E-state index contributed by atoms with van der Waals surface area (Å²) in [6.07, 6.45) is 1.99. The number of benzene rings is 1. The molecular formula is C15H18ClN3O. The summed E-state index contributed by atoms with van der Waals surface area (Å²) in [5, 5.41) is 11.5. The maximum absolute atomic E-state index is 5.91. The van der Waals surface area contributed by atoms with Gasteiger partial charge in [0.1, 0.15) is 5.75 Å². The van der Waals surface area contributed by atoms with Gasteiger partial charge in [0.15, 0.2) is 0 Å². The molecule has 0 aliphatic carbocycles. The fraction of sp³-hybridized carbons (Fsp3) is 0.400. The zero-order valence-corrected chi connectivity index (χ0v) is 12.0. The molecule has 2 heterocycles. The standard InChI is InChI=1S/C15H18ClN3O/c16-12-2-1-3-14(8-12)20-7-5-13-9-15(19-18-13)11-4-6-17-10-11/h1-3,8-9,11,17H,4-7,10H2,(H,18,19)/t11-/m0/s1. The van der Waals surface area contributed by atoms with Gasteiger partial charge in [0.05, 0.1) is 12.3 Å². The molecule has 106 valence electrons. The van der Waals surface area contributed by atoms with Crippen molar-refractivity contribution in [3.63, 3.8) is 0 Å². The van der Waals surface area contributed by atoms with Gasteiger partial charge < -0.3 is 10.1 Å². The Morgan fingerprint density at radius 1 is 1.35 bits per heavy atom. The first-order valence-corrected chi connectivity index (χ1v) is 7.32. The number of halogens is 1. The third-order valence-corrected chi connectivity index (χ3v) is 3.80. The van der Waals surface area contributed by atoms with Gasteiger partial charge in [-0.1, -0.05) is 17.7 Å². The summed E-state index contributed by atoms with van der Waals surface area (Å²) in [5.74, 6) is 1.35. The van der Waals surface area contributed by atoms with Crippen molar-refractivity contribution in [2.45, 2.75) is 18.8 Å². The Hall–Kier alpha value is -1.52. The Kier molecular flexibility index (Phi) is 4.23. The average molecular weight is 292 g/mol. The zero-order valence-electron chi connectivity index (χ0n) is 11.2. The molecule has 20 heavy (non-hydrogen) atoms. The summed E-state index contributed by atoms with van der Waals surface area (Å²) < 4.78 is 5.68. The Labute approximate surface area is 123 Å². The highest BCUT2D eigenvalue weighted by atomic mass is 35.5. The van der Waals surface area contributed by atoms with Gasteiger partial charge in [-0.15, -0.1) is 0 Å². The minimum absolute atomic E-state index is 0.550. The first kappa shape index (κ1) is 13.5. The van der Waals surface area contributed by atoms with E-state index in [1.165, 1.54) is 6.42 Å². The predicted molar refractivity (Wildman–Crippen MR) is 79.5 cm³/mol. The summed E-state index contributed by atoms with van der Waals surface area (Å²) in [4.78, 5) is 0. The second kappa shape index (κ2) is 6.29. The smallest absolute Gasteiger partial charge is 0.120 e. The minimum Gasteiger partial charge on any atom is -0.493 e. The van der Waals surface area contributed by atoms with E-state index >= 15 is 0 Å². The molecule has 0 amide bonds. The lowest BCUT2D eigenvalue weighted by Crippen LogP contribution is -2.08. The fourth-order valence-electron chi connectivity index (χ4n) is 2.46. The molecule has 1 aromatic heterocycles. The molecule has 1 fully saturated rings. The van der Waals surface area contributed by atoms with E-state index < -0.39 is 0 Å². The van der Waals surface area contributed by atoms with Crippen LogP contribution in [0.25, 0.3) is 0 Å². The van der Waals surface area contributed by atoms with E-state index in [4.69, 9.17) is 16.3 Å². The Morgan fingerprint density at radius 3 is 3.10 bits per heavy atom. The number of nitrogens with zero attached hydrogens (tertiary/aromatic N) is 1. The lowest BCUT2D eigenvalue weighted by molar-refractivity contribution is 0.320. The molecule has 4 nitrogen and oxygen atoms in total. The summed E-state index contributed by atoms with van der Waals surface area (Å²) in [6.45, 7) is 2.74. The summed E-state index contributed by atoms with van der Waals surface area (Å²) in [5.41, 5.74) is 2.28. The number of nitrogens with one attached hydrogen (secondary N) is 2. The third kappa shape index (κ3) is 3.32. The third-order valence-electron chi connectivity index (χ3n) is 3.57. The van der Waals surface area contributed by atoms with Crippen LogP contribution in [0.1, 0.15) is 23.7 Å². The maximum Gasteiger partial charge on any atom is 0.120 e. The van der Waals surface area contributed by atoms with Crippen molar-refractivity contribution in [2.24, 2.45) is 0 Å². The van der Waals surface area contributed by atoms with Crippen LogP contribution in [-0.2, 0) is 6.42 Å². The van der Waals surface area contributed by atoms with Crippen LogP contribution in [0.5, 0.6) is 5.75 Å². The number of rotatable bonds is 5. The van der Waals surface area contributed by atoms with Gasteiger partial charge in [0.2, 0.25) is 0 Å². The summed E-state index contributed by atoms with van der Waals surface area (Å²) in [6, 6.07) is 9.61. The van der Waals surface area contributed by atoms with Gasteiger partial charge in [-0.05, 0) is 37.2 Å². The molecule has 1 aromatic carbocycles. The predicted octanol–water partition coefficient (Wildman–Crippen LogP) is 2.76. The average Bonchev–Trinajstić information content (AvgIpc) is 3.09. The Bertz CT molecular complexity index is 564. The topological polar surface area (TPSA) is 49.9 Å². The molecule has 1 aliphatic heterocycles. The van der Waals surface area contributed by atoms with Crippen LogP contribution >= 0.6 is 11.6 Å². The fourth-order valence-corrected chi connectivity index (χ4v) is 2.64. The number of ether oxygens (including phenoxy) is 1. The quantitative estimate of drug-likeness (QED) is 0.890. The van der Waals surface area contributed by atoms with E-state index in [1.807, 2.05) is 24.3 Å². The van der Waals surface area contributed by atoms with Crippen molar-refractivity contribution in [2.75, 3.05) is 19.7 Å². The van der Waals surface area contributed by atoms with Crippen LogP contribution in [-0.4, -0.2) is 29.9 Å². The van der Waals surface area contributed by atoms with E-state index in [0.29, 0.717) is 17.5 Å². The van der Waals surface area contributed by atoms with Crippen LogP contribution in [0.3, 0.4) is 0 Å². The normalized spacial score (nSPS) is 18.4. The summed E-state index contributed by atoms with van der Waals surface area (Å²) >= 11 is 5.91. The Balaban J connectivity index is 1.51. The highest BCUT2D eigenvalue weighted by Gasteiger charge is 2.19. The number of H-pyrrole nitrogens is 1. The number of hydrogen-bond acceptors (Lipinski definition) is 3. The van der Waals surface area contributed by atoms with Crippen molar-refractivity contribution in [3.05, 3.63) is 46.7 Å². The van der Waals surface area contributed by atoms with Gasteiger partial charge in [-0.2, -0.15) is 5.10 Å². The van der Waals surface area contributed by atoms with Crippen LogP contribution < -0.4 is 10.1 Å². The molecule has 5 heteroatoms. The monoisotopic (exact) mass is 291 g/mol. The molecule has 3 rings (SSSR count). The van der Waals surface area contributed by atoms with Crippen molar-refractivity contribution in [1.29, 1.82) is 0 Å². The molecular weight excluding hydrogens is 274 g/mol. The highest BCUT2D eigenvalue weighted by Crippen LogP contribution is 2.21. The van der Waals surface area contributed by atoms with Crippen molar-refractivity contribution >= 4 is 11.6 Å². The van der Waals surface area contributed by atoms with E-state index in [0.717, 1.165) is 36.6 Å². The van der Waals surface area contributed by atoms with Gasteiger partial charge >= 0.3 is 0 Å². The zero-order chi connectivity index (χ0) is 13.8. The highest BCUT2D eigenvalue weighted by molar-refractivity contribution is 6.30. The van der Waals surface area contributed by atoms with Crippen LogP contribution in [0.2, 0.25) is 5.02 Å². The molecule has 0 saturated carbocycles. The van der Waals surface area contributed by atoms with Gasteiger partial charge in [-0.25, -0.2) is 0 Å². The molecule has 0 radical (unpaired) electrons. The lowest BCUT2D eigenvalue weighted by Gasteiger charge is -2.05. The number of aromatic amines is 1. The minimum atomic E-state index is 0.550. The van der Waals surface area contributed by atoms with Crippen LogP contribution in [0.15, 0.2) is 30.3 Å². The first-order chi connectivity index (χ1) is 9.81. The second-order valence-electron chi connectivity index (χ2n) is 5.06. The first-order valence-electron chi connectivity index (χ1n) is 6.94. The maximum atomic E-state index is 5.91. The molecule has 0 unspecified atom stereocenters. The van der Waals surface area contributed by atoms with E-state index in [9.17, 15) is 0 Å². The van der Waals surface area contributed by atoms with Crippen LogP contribution in [0.4, 0.5) is 0 Å². The van der Waals surface area contributed by atoms with E-state index in [-0.39, 0.29) is 0 Å². The molecule has 1 atom stereocenters. The van der Waals surface area contributed by atoms with Crippen LogP contribution in [0, 0.1) is 0 Å². The number of hydrogen-bond donors (Lipinski definition) is 2. The van der Waals surface area contributed by atoms with Crippen molar-refractivity contribution < 1.29 is 4.74 Å². The van der Waals surface area contributed by atoms with Gasteiger partial charge in [0.25, 0.3) is 0 Å². The van der Waals surface area contributed by atoms with E-state index in [1.54, 1.807) is 0 Å². The summed E-state index contributed by atoms with van der Waals surface area (Å²) in [7, 11) is 0. The second-order valence-corrected chi connectivity index (χ2v) is 5.50. The largest absolute Gasteiger partial charge is 0.493 e. The van der Waals surface area contributed by atoms with Gasteiger partial charge in [-0.3, -0.25) is 5.10 Å². The SMILES string of the molecule is Clc1cccc(OCCc2cc([C@H]3CCNC3)n[nH]2)c1. The van der Waals surface area contributed by atoms with Crippen molar-refractivity contribution in [1.82, 2.24) is 15.5 Å². The molecule has 0 spiro atoms. The molecule has 2 aromatic rings. The molecule has 1 saturated heterocycles. The Morgan fingerprint density at radius 2 is 2.30 bits per heavy atom. The lowest BCUT2D eigenvalue weighted by atomic mass is 10.0. The molecule has 0 bridgehead atoms. The number of aromatic nitrogens is 2. The van der Waals surface area contributed by atoms with E-state index in [2.05, 4.69) is 21.6 Å².